The van der Waals surface area contributed by atoms with Gasteiger partial charge in [0.2, 0.25) is 0 Å². The maximum absolute atomic E-state index is 11.7. The summed E-state index contributed by atoms with van der Waals surface area (Å²) in [5.41, 5.74) is 1.20. The highest BCUT2D eigenvalue weighted by Crippen LogP contribution is 2.18. The van der Waals surface area contributed by atoms with Crippen LogP contribution in [0.25, 0.3) is 0 Å². The van der Waals surface area contributed by atoms with E-state index < -0.39 is 0 Å². The fourth-order valence-corrected chi connectivity index (χ4v) is 3.21. The first-order valence-corrected chi connectivity index (χ1v) is 11.5. The maximum atomic E-state index is 11.7. The number of hydrogen-bond donors (Lipinski definition) is 3. The van der Waals surface area contributed by atoms with Crippen molar-refractivity contribution in [3.05, 3.63) is 29.8 Å². The topological polar surface area (TPSA) is 93.2 Å². The predicted molar refractivity (Wildman–Crippen MR) is 121 cm³/mol. The number of hydrogen-bond acceptors (Lipinski definition) is 5. The molecule has 1 unspecified atom stereocenters. The van der Waals surface area contributed by atoms with E-state index in [1.807, 2.05) is 24.3 Å². The summed E-state index contributed by atoms with van der Waals surface area (Å²) in [6, 6.07) is 8.25. The number of nitrogens with zero attached hydrogens (tertiary/aromatic N) is 1. The quantitative estimate of drug-likeness (QED) is 0.249. The SMILES string of the molecule is CCNC(=NCCCOC1CCOC1)NCCc1ccc(OCC(=O)NC2CC2)cc1. The van der Waals surface area contributed by atoms with Crippen LogP contribution < -0.4 is 20.7 Å². The van der Waals surface area contributed by atoms with Crippen molar-refractivity contribution in [2.75, 3.05) is 46.1 Å². The summed E-state index contributed by atoms with van der Waals surface area (Å²) in [5.74, 6) is 1.49. The number of nitrogens with one attached hydrogen (secondary N) is 3. The molecule has 1 saturated carbocycles. The van der Waals surface area contributed by atoms with Crippen LogP contribution in [0.3, 0.4) is 0 Å². The Kier molecular flexibility index (Phi) is 9.92. The number of ether oxygens (including phenoxy) is 3. The lowest BCUT2D eigenvalue weighted by atomic mass is 10.1. The molecule has 8 nitrogen and oxygen atoms in total. The summed E-state index contributed by atoms with van der Waals surface area (Å²) in [6.07, 6.45) is 5.19. The van der Waals surface area contributed by atoms with E-state index in [-0.39, 0.29) is 18.6 Å². The van der Waals surface area contributed by atoms with E-state index in [1.165, 1.54) is 5.56 Å². The molecule has 1 aromatic rings. The number of benzene rings is 1. The number of aliphatic imine (C=N–C) groups is 1. The molecule has 1 aliphatic heterocycles. The Balaban J connectivity index is 1.30. The minimum absolute atomic E-state index is 0.0508. The molecule has 1 aromatic carbocycles. The van der Waals surface area contributed by atoms with Crippen molar-refractivity contribution in [1.29, 1.82) is 0 Å². The maximum Gasteiger partial charge on any atom is 0.258 e. The van der Waals surface area contributed by atoms with Crippen molar-refractivity contribution >= 4 is 11.9 Å². The van der Waals surface area contributed by atoms with Crippen LogP contribution in [0.2, 0.25) is 0 Å². The highest BCUT2D eigenvalue weighted by Gasteiger charge is 2.23. The van der Waals surface area contributed by atoms with E-state index >= 15 is 0 Å². The lowest BCUT2D eigenvalue weighted by Crippen LogP contribution is -2.38. The fraction of sp³-hybridized carbons (Fsp3) is 0.652. The van der Waals surface area contributed by atoms with Crippen molar-refractivity contribution in [3.8, 4) is 5.75 Å². The highest BCUT2D eigenvalue weighted by molar-refractivity contribution is 5.79. The predicted octanol–water partition coefficient (Wildman–Crippen LogP) is 1.64. The largest absolute Gasteiger partial charge is 0.484 e. The molecule has 172 valence electrons. The molecule has 3 N–H and O–H groups in total. The molecule has 31 heavy (non-hydrogen) atoms. The van der Waals surface area contributed by atoms with Gasteiger partial charge in [0.15, 0.2) is 12.6 Å². The van der Waals surface area contributed by atoms with Gasteiger partial charge in [-0.25, -0.2) is 0 Å². The molecule has 8 heteroatoms. The Morgan fingerprint density at radius 2 is 2.03 bits per heavy atom. The van der Waals surface area contributed by atoms with Gasteiger partial charge in [-0.15, -0.1) is 0 Å². The van der Waals surface area contributed by atoms with Crippen LogP contribution in [0.4, 0.5) is 0 Å². The van der Waals surface area contributed by atoms with Crippen LogP contribution in [0.1, 0.15) is 38.2 Å². The summed E-state index contributed by atoms with van der Waals surface area (Å²) in [5, 5.41) is 9.57. The summed E-state index contributed by atoms with van der Waals surface area (Å²) < 4.78 is 16.6. The first kappa shape index (κ1) is 23.3. The Bertz CT molecular complexity index is 685. The monoisotopic (exact) mass is 432 g/mol. The van der Waals surface area contributed by atoms with E-state index in [0.29, 0.717) is 18.4 Å². The average molecular weight is 433 g/mol. The number of carbonyl (C=O) groups excluding carboxylic acids is 1. The van der Waals surface area contributed by atoms with Gasteiger partial charge < -0.3 is 30.2 Å². The van der Waals surface area contributed by atoms with Gasteiger partial charge in [-0.1, -0.05) is 12.1 Å². The smallest absolute Gasteiger partial charge is 0.258 e. The standard InChI is InChI=1S/C23H36N4O4/c1-2-24-23(25-12-3-14-30-21-11-15-29-16-21)26-13-10-18-4-8-20(9-5-18)31-17-22(28)27-19-6-7-19/h4-5,8-9,19,21H,2-3,6-7,10-17H2,1H3,(H,27,28)(H2,24,25,26). The third-order valence-corrected chi connectivity index (χ3v) is 5.10. The third kappa shape index (κ3) is 9.57. The molecule has 0 radical (unpaired) electrons. The van der Waals surface area contributed by atoms with E-state index in [1.54, 1.807) is 0 Å². The van der Waals surface area contributed by atoms with Crippen LogP contribution in [-0.4, -0.2) is 70.1 Å². The molecule has 1 atom stereocenters. The zero-order chi connectivity index (χ0) is 21.7. The second-order valence-corrected chi connectivity index (χ2v) is 7.92. The number of carbonyl (C=O) groups is 1. The molecule has 1 heterocycles. The van der Waals surface area contributed by atoms with E-state index in [9.17, 15) is 4.79 Å². The molecular weight excluding hydrogens is 396 g/mol. The van der Waals surface area contributed by atoms with Gasteiger partial charge in [0.05, 0.1) is 12.7 Å². The van der Waals surface area contributed by atoms with Crippen molar-refractivity contribution in [3.63, 3.8) is 0 Å². The molecule has 3 rings (SSSR count). The van der Waals surface area contributed by atoms with Gasteiger partial charge in [-0.3, -0.25) is 9.79 Å². The minimum Gasteiger partial charge on any atom is -0.484 e. The van der Waals surface area contributed by atoms with Gasteiger partial charge in [-0.2, -0.15) is 0 Å². The first-order chi connectivity index (χ1) is 15.2. The summed E-state index contributed by atoms with van der Waals surface area (Å²) in [4.78, 5) is 16.3. The molecule has 1 amide bonds. The van der Waals surface area contributed by atoms with Gasteiger partial charge >= 0.3 is 0 Å². The van der Waals surface area contributed by atoms with Crippen molar-refractivity contribution in [2.45, 2.75) is 51.2 Å². The molecule has 0 bridgehead atoms. The Hall–Kier alpha value is -2.32. The lowest BCUT2D eigenvalue weighted by Gasteiger charge is -2.12. The first-order valence-electron chi connectivity index (χ1n) is 11.5. The zero-order valence-electron chi connectivity index (χ0n) is 18.5. The van der Waals surface area contributed by atoms with Gasteiger partial charge in [0, 0.05) is 38.9 Å². The lowest BCUT2D eigenvalue weighted by molar-refractivity contribution is -0.123. The van der Waals surface area contributed by atoms with E-state index in [0.717, 1.165) is 70.9 Å². The highest BCUT2D eigenvalue weighted by atomic mass is 16.5. The van der Waals surface area contributed by atoms with E-state index in [4.69, 9.17) is 14.2 Å². The number of amides is 1. The number of rotatable bonds is 13. The molecule has 0 spiro atoms. The molecular formula is C23H36N4O4. The molecule has 1 saturated heterocycles. The summed E-state index contributed by atoms with van der Waals surface area (Å²) in [7, 11) is 0. The van der Waals surface area contributed by atoms with Crippen LogP contribution in [0, 0.1) is 0 Å². The number of guanidine groups is 1. The summed E-state index contributed by atoms with van der Waals surface area (Å²) in [6.45, 7) is 6.70. The molecule has 1 aliphatic carbocycles. The van der Waals surface area contributed by atoms with Crippen molar-refractivity contribution < 1.29 is 19.0 Å². The average Bonchev–Trinajstić information content (AvgIpc) is 3.43. The normalized spacial score (nSPS) is 18.6. The van der Waals surface area contributed by atoms with Crippen molar-refractivity contribution in [2.24, 2.45) is 4.99 Å². The molecule has 2 aliphatic rings. The fourth-order valence-electron chi connectivity index (χ4n) is 3.21. The van der Waals surface area contributed by atoms with Gasteiger partial charge in [0.25, 0.3) is 5.91 Å². The summed E-state index contributed by atoms with van der Waals surface area (Å²) >= 11 is 0. The van der Waals surface area contributed by atoms with Crippen LogP contribution in [0.5, 0.6) is 5.75 Å². The van der Waals surface area contributed by atoms with Crippen LogP contribution in [0.15, 0.2) is 29.3 Å². The van der Waals surface area contributed by atoms with E-state index in [2.05, 4.69) is 27.9 Å². The van der Waals surface area contributed by atoms with Crippen LogP contribution >= 0.6 is 0 Å². The van der Waals surface area contributed by atoms with Crippen molar-refractivity contribution in [1.82, 2.24) is 16.0 Å². The third-order valence-electron chi connectivity index (χ3n) is 5.10. The second-order valence-electron chi connectivity index (χ2n) is 7.92. The van der Waals surface area contributed by atoms with Gasteiger partial charge in [-0.05, 0) is 56.7 Å². The molecule has 0 aromatic heterocycles. The van der Waals surface area contributed by atoms with Crippen LogP contribution in [-0.2, 0) is 20.7 Å². The second kappa shape index (κ2) is 13.2. The Labute approximate surface area is 185 Å². The minimum atomic E-state index is -0.0508. The zero-order valence-corrected chi connectivity index (χ0v) is 18.5. The molecule has 2 fully saturated rings. The Morgan fingerprint density at radius 3 is 2.74 bits per heavy atom. The van der Waals surface area contributed by atoms with Gasteiger partial charge in [0.1, 0.15) is 5.75 Å². The Morgan fingerprint density at radius 1 is 1.19 bits per heavy atom.